The van der Waals surface area contributed by atoms with Gasteiger partial charge in [0.05, 0.1) is 11.2 Å². The second-order valence-corrected chi connectivity index (χ2v) is 8.55. The minimum Gasteiger partial charge on any atom is -0.463 e. The lowest BCUT2D eigenvalue weighted by Gasteiger charge is -2.10. The van der Waals surface area contributed by atoms with Gasteiger partial charge in [-0.1, -0.05) is 41.9 Å². The Bertz CT molecular complexity index is 1220. The minimum absolute atomic E-state index is 0.0946. The zero-order chi connectivity index (χ0) is 20.3. The molecule has 0 saturated carbocycles. The number of nitrogens with zero attached hydrogens (tertiary/aromatic N) is 1. The highest BCUT2D eigenvalue weighted by atomic mass is 35.5. The van der Waals surface area contributed by atoms with Crippen LogP contribution in [0.2, 0.25) is 5.02 Å². The highest BCUT2D eigenvalue weighted by Crippen LogP contribution is 2.25. The van der Waals surface area contributed by atoms with Gasteiger partial charge in [0.1, 0.15) is 5.69 Å². The first-order valence-corrected chi connectivity index (χ1v) is 10.7. The van der Waals surface area contributed by atoms with E-state index in [4.69, 9.17) is 16.0 Å². The van der Waals surface area contributed by atoms with Gasteiger partial charge in [0.15, 0.2) is 5.76 Å². The number of aromatic nitrogens is 1. The molecule has 4 rings (SSSR count). The van der Waals surface area contributed by atoms with Gasteiger partial charge in [-0.25, -0.2) is 13.1 Å². The number of sulfonamides is 1. The zero-order valence-electron chi connectivity index (χ0n) is 15.2. The van der Waals surface area contributed by atoms with E-state index in [1.807, 2.05) is 24.3 Å². The molecule has 2 aromatic heterocycles. The number of halogens is 1. The van der Waals surface area contributed by atoms with Crippen molar-refractivity contribution in [1.29, 1.82) is 0 Å². The standard InChI is InChI=1S/C22H17ClN2O3S/c23-19-10-8-16(9-11-19)17-4-1-6-20(14-17)29(26,27)25-15-18-5-2-12-24-22(18)21-7-3-13-28-21/h1-14,25H,15H2. The van der Waals surface area contributed by atoms with Gasteiger partial charge in [0.25, 0.3) is 0 Å². The van der Waals surface area contributed by atoms with Crippen molar-refractivity contribution in [2.75, 3.05) is 0 Å². The maximum atomic E-state index is 12.9. The Hall–Kier alpha value is -2.93. The van der Waals surface area contributed by atoms with Crippen LogP contribution < -0.4 is 4.72 Å². The van der Waals surface area contributed by atoms with Gasteiger partial charge in [-0.05, 0) is 59.2 Å². The summed E-state index contributed by atoms with van der Waals surface area (Å²) >= 11 is 5.93. The smallest absolute Gasteiger partial charge is 0.240 e. The summed E-state index contributed by atoms with van der Waals surface area (Å²) in [5.41, 5.74) is 3.01. The van der Waals surface area contributed by atoms with Gasteiger partial charge in [0, 0.05) is 17.8 Å². The van der Waals surface area contributed by atoms with Crippen LogP contribution in [0.15, 0.2) is 94.6 Å². The molecule has 0 unspecified atom stereocenters. The lowest BCUT2D eigenvalue weighted by atomic mass is 10.1. The van der Waals surface area contributed by atoms with Crippen LogP contribution in [-0.2, 0) is 16.6 Å². The number of hydrogen-bond donors (Lipinski definition) is 1. The van der Waals surface area contributed by atoms with E-state index in [2.05, 4.69) is 9.71 Å². The van der Waals surface area contributed by atoms with E-state index in [1.54, 1.807) is 61.0 Å². The molecule has 0 radical (unpaired) electrons. The van der Waals surface area contributed by atoms with Crippen molar-refractivity contribution in [2.45, 2.75) is 11.4 Å². The van der Waals surface area contributed by atoms with Crippen LogP contribution in [0.5, 0.6) is 0 Å². The third kappa shape index (κ3) is 4.40. The Balaban J connectivity index is 1.58. The first-order chi connectivity index (χ1) is 14.0. The van der Waals surface area contributed by atoms with E-state index in [-0.39, 0.29) is 11.4 Å². The fourth-order valence-corrected chi connectivity index (χ4v) is 4.14. The fraction of sp³-hybridized carbons (Fsp3) is 0.0455. The maximum Gasteiger partial charge on any atom is 0.240 e. The van der Waals surface area contributed by atoms with Crippen molar-refractivity contribution < 1.29 is 12.8 Å². The van der Waals surface area contributed by atoms with Crippen LogP contribution >= 0.6 is 11.6 Å². The number of pyridine rings is 1. The highest BCUT2D eigenvalue weighted by Gasteiger charge is 2.17. The molecule has 2 aromatic carbocycles. The summed E-state index contributed by atoms with van der Waals surface area (Å²) < 4.78 is 33.8. The van der Waals surface area contributed by atoms with Crippen molar-refractivity contribution in [1.82, 2.24) is 9.71 Å². The largest absolute Gasteiger partial charge is 0.463 e. The molecule has 7 heteroatoms. The van der Waals surface area contributed by atoms with E-state index in [9.17, 15) is 8.42 Å². The van der Waals surface area contributed by atoms with Gasteiger partial charge in [-0.3, -0.25) is 4.98 Å². The summed E-state index contributed by atoms with van der Waals surface area (Å²) in [4.78, 5) is 4.50. The molecule has 0 spiro atoms. The molecule has 0 amide bonds. The predicted octanol–water partition coefficient (Wildman–Crippen LogP) is 5.14. The van der Waals surface area contributed by atoms with Crippen molar-refractivity contribution in [2.24, 2.45) is 0 Å². The molecule has 4 aromatic rings. The third-order valence-corrected chi connectivity index (χ3v) is 6.07. The topological polar surface area (TPSA) is 72.2 Å². The summed E-state index contributed by atoms with van der Waals surface area (Å²) in [6, 6.07) is 21.2. The molecular formula is C22H17ClN2O3S. The number of furan rings is 1. The molecule has 0 saturated heterocycles. The normalized spacial score (nSPS) is 11.5. The van der Waals surface area contributed by atoms with Gasteiger partial charge < -0.3 is 4.42 Å². The molecule has 5 nitrogen and oxygen atoms in total. The Morgan fingerprint density at radius 1 is 0.931 bits per heavy atom. The first-order valence-electron chi connectivity index (χ1n) is 8.86. The molecule has 2 heterocycles. The fourth-order valence-electron chi connectivity index (χ4n) is 2.96. The van der Waals surface area contributed by atoms with Gasteiger partial charge in [0.2, 0.25) is 10.0 Å². The summed E-state index contributed by atoms with van der Waals surface area (Å²) in [5.74, 6) is 0.588. The molecule has 0 aliphatic rings. The van der Waals surface area contributed by atoms with Crippen LogP contribution in [0.3, 0.4) is 0 Å². The van der Waals surface area contributed by atoms with Crippen LogP contribution in [0, 0.1) is 0 Å². The Morgan fingerprint density at radius 3 is 2.52 bits per heavy atom. The van der Waals surface area contributed by atoms with E-state index >= 15 is 0 Å². The number of hydrogen-bond acceptors (Lipinski definition) is 4. The zero-order valence-corrected chi connectivity index (χ0v) is 16.8. The molecule has 0 aliphatic carbocycles. The average Bonchev–Trinajstić information content (AvgIpc) is 3.28. The maximum absolute atomic E-state index is 12.9. The predicted molar refractivity (Wildman–Crippen MR) is 113 cm³/mol. The quantitative estimate of drug-likeness (QED) is 0.465. The van der Waals surface area contributed by atoms with Crippen LogP contribution in [-0.4, -0.2) is 13.4 Å². The molecule has 29 heavy (non-hydrogen) atoms. The minimum atomic E-state index is -3.72. The van der Waals surface area contributed by atoms with Gasteiger partial charge >= 0.3 is 0 Å². The molecule has 146 valence electrons. The Labute approximate surface area is 174 Å². The first kappa shape index (κ1) is 19.4. The van der Waals surface area contributed by atoms with Crippen LogP contribution in [0.4, 0.5) is 0 Å². The summed E-state index contributed by atoms with van der Waals surface area (Å²) in [6.07, 6.45) is 3.20. The van der Waals surface area contributed by atoms with Gasteiger partial charge in [-0.15, -0.1) is 0 Å². The third-order valence-electron chi connectivity index (χ3n) is 4.42. The molecule has 0 aliphatic heterocycles. The van der Waals surface area contributed by atoms with Crippen molar-refractivity contribution in [3.63, 3.8) is 0 Å². The number of nitrogens with one attached hydrogen (secondary N) is 1. The van der Waals surface area contributed by atoms with Crippen molar-refractivity contribution in [3.8, 4) is 22.6 Å². The molecular weight excluding hydrogens is 408 g/mol. The van der Waals surface area contributed by atoms with E-state index < -0.39 is 10.0 Å². The number of benzene rings is 2. The SMILES string of the molecule is O=S(=O)(NCc1cccnc1-c1ccco1)c1cccc(-c2ccc(Cl)cc2)c1. The highest BCUT2D eigenvalue weighted by molar-refractivity contribution is 7.89. The lowest BCUT2D eigenvalue weighted by molar-refractivity contribution is 0.575. The van der Waals surface area contributed by atoms with Crippen LogP contribution in [0.1, 0.15) is 5.56 Å². The Morgan fingerprint density at radius 2 is 1.76 bits per heavy atom. The second kappa shape index (κ2) is 8.21. The summed E-state index contributed by atoms with van der Waals surface area (Å²) in [7, 11) is -3.72. The molecule has 0 bridgehead atoms. The molecule has 0 fully saturated rings. The molecule has 0 atom stereocenters. The average molecular weight is 425 g/mol. The van der Waals surface area contributed by atoms with E-state index in [1.165, 1.54) is 0 Å². The summed E-state index contributed by atoms with van der Waals surface area (Å²) in [5, 5.41) is 0.628. The van der Waals surface area contributed by atoms with E-state index in [0.717, 1.165) is 16.7 Å². The molecule has 1 N–H and O–H groups in total. The van der Waals surface area contributed by atoms with Crippen molar-refractivity contribution >= 4 is 21.6 Å². The Kier molecular flexibility index (Phi) is 5.49. The monoisotopic (exact) mass is 424 g/mol. The van der Waals surface area contributed by atoms with E-state index in [0.29, 0.717) is 16.5 Å². The second-order valence-electron chi connectivity index (χ2n) is 6.35. The summed E-state index contributed by atoms with van der Waals surface area (Å²) in [6.45, 7) is 0.0946. The van der Waals surface area contributed by atoms with Gasteiger partial charge in [-0.2, -0.15) is 0 Å². The lowest BCUT2D eigenvalue weighted by Crippen LogP contribution is -2.23. The van der Waals surface area contributed by atoms with Crippen LogP contribution in [0.25, 0.3) is 22.6 Å². The number of rotatable bonds is 6. The van der Waals surface area contributed by atoms with Crippen molar-refractivity contribution in [3.05, 3.63) is 95.8 Å².